The summed E-state index contributed by atoms with van der Waals surface area (Å²) in [5.41, 5.74) is -1.13. The van der Waals surface area contributed by atoms with Crippen LogP contribution in [-0.2, 0) is 23.0 Å². The quantitative estimate of drug-likeness (QED) is 0.273. The molecule has 16 heteroatoms. The van der Waals surface area contributed by atoms with Gasteiger partial charge in [0, 0.05) is 45.5 Å². The van der Waals surface area contributed by atoms with E-state index in [0.29, 0.717) is 28.6 Å². The Bertz CT molecular complexity index is 1990. The molecule has 3 aromatic carbocycles. The summed E-state index contributed by atoms with van der Waals surface area (Å²) in [7, 11) is 5.13. The minimum atomic E-state index is -4.76. The van der Waals surface area contributed by atoms with E-state index in [0.717, 1.165) is 15.2 Å². The van der Waals surface area contributed by atoms with Gasteiger partial charge in [0.15, 0.2) is 0 Å². The molecule has 0 saturated carbocycles. The highest BCUT2D eigenvalue weighted by Crippen LogP contribution is 2.32. The van der Waals surface area contributed by atoms with Crippen LogP contribution < -0.4 is 26.4 Å². The Morgan fingerprint density at radius 3 is 2.25 bits per heavy atom. The number of anilines is 2. The lowest BCUT2D eigenvalue weighted by atomic mass is 10.0. The van der Waals surface area contributed by atoms with Gasteiger partial charge in [0.05, 0.1) is 29.8 Å². The van der Waals surface area contributed by atoms with Crippen molar-refractivity contribution in [2.24, 2.45) is 7.05 Å². The average molecular weight is 676 g/mol. The van der Waals surface area contributed by atoms with E-state index in [9.17, 15) is 37.5 Å². The summed E-state index contributed by atoms with van der Waals surface area (Å²) in [6.07, 6.45) is -5.12. The number of benzene rings is 3. The van der Waals surface area contributed by atoms with Gasteiger partial charge in [-0.05, 0) is 48.0 Å². The van der Waals surface area contributed by atoms with Crippen molar-refractivity contribution in [3.63, 3.8) is 0 Å². The van der Waals surface area contributed by atoms with Gasteiger partial charge in [-0.1, -0.05) is 12.1 Å². The van der Waals surface area contributed by atoms with Gasteiger partial charge in [-0.25, -0.2) is 22.9 Å². The fraction of sp³-hybridized carbons (Fsp3) is 0.312. The van der Waals surface area contributed by atoms with Crippen LogP contribution in [0, 0.1) is 11.6 Å². The lowest BCUT2D eigenvalue weighted by Gasteiger charge is -2.38. The van der Waals surface area contributed by atoms with Crippen LogP contribution in [-0.4, -0.2) is 78.2 Å². The largest absolute Gasteiger partial charge is 0.480 e. The zero-order valence-electron chi connectivity index (χ0n) is 25.8. The molecule has 0 unspecified atom stereocenters. The molecule has 0 aliphatic carbocycles. The van der Waals surface area contributed by atoms with Crippen LogP contribution in [0.25, 0.3) is 16.6 Å². The summed E-state index contributed by atoms with van der Waals surface area (Å²) < 4.78 is 77.6. The normalized spacial score (nSPS) is 15.8. The van der Waals surface area contributed by atoms with Crippen LogP contribution in [0.1, 0.15) is 15.9 Å². The van der Waals surface area contributed by atoms with E-state index < -0.39 is 70.9 Å². The fourth-order valence-electron chi connectivity index (χ4n) is 5.53. The maximum atomic E-state index is 15.0. The number of carboxylic acid groups (broad SMARTS) is 1. The summed E-state index contributed by atoms with van der Waals surface area (Å²) in [4.78, 5) is 54.0. The number of hydrogen-bond acceptors (Lipinski definition) is 7. The number of nitrogens with one attached hydrogen (secondary N) is 1. The van der Waals surface area contributed by atoms with Gasteiger partial charge in [-0.15, -0.1) is 0 Å². The topological polar surface area (TPSA) is 126 Å². The Labute approximate surface area is 269 Å². The zero-order valence-corrected chi connectivity index (χ0v) is 25.8. The van der Waals surface area contributed by atoms with Crippen molar-refractivity contribution in [2.45, 2.75) is 24.7 Å². The summed E-state index contributed by atoms with van der Waals surface area (Å²) >= 11 is 0. The summed E-state index contributed by atoms with van der Waals surface area (Å²) in [5.74, 6) is -5.94. The second-order valence-corrected chi connectivity index (χ2v) is 11.4. The molecule has 2 N–H and O–H groups in total. The van der Waals surface area contributed by atoms with Crippen molar-refractivity contribution in [1.29, 1.82) is 0 Å². The van der Waals surface area contributed by atoms with Gasteiger partial charge in [-0.3, -0.25) is 14.2 Å². The molecule has 0 bridgehead atoms. The molecule has 2 heterocycles. The Morgan fingerprint density at radius 2 is 1.67 bits per heavy atom. The number of halogens is 5. The molecule has 1 aliphatic heterocycles. The monoisotopic (exact) mass is 675 g/mol. The first kappa shape index (κ1) is 34.1. The van der Waals surface area contributed by atoms with Gasteiger partial charge in [0.25, 0.3) is 11.5 Å². The first-order valence-corrected chi connectivity index (χ1v) is 14.5. The SMILES string of the molecule is CN(C)c1ccc2c(c1)c(=O)n(-c1ccc(C[C@H](NC(=O)c3c(F)cc(N4CCOC[C@@H]4C(F)(F)F)cc3F)C(=O)O)cc1)c(=O)n2C. The summed E-state index contributed by atoms with van der Waals surface area (Å²) in [5, 5.41) is 12.1. The number of carbonyl (C=O) groups excluding carboxylic acids is 1. The van der Waals surface area contributed by atoms with Crippen molar-refractivity contribution in [3.05, 3.63) is 98.2 Å². The Kier molecular flexibility index (Phi) is 9.30. The number of carbonyl (C=O) groups is 2. The molecule has 11 nitrogen and oxygen atoms in total. The summed E-state index contributed by atoms with van der Waals surface area (Å²) in [6, 6.07) is 8.10. The third-order valence-corrected chi connectivity index (χ3v) is 8.10. The van der Waals surface area contributed by atoms with Crippen molar-refractivity contribution in [2.75, 3.05) is 43.7 Å². The molecule has 2 atom stereocenters. The van der Waals surface area contributed by atoms with E-state index in [1.165, 1.54) is 35.9 Å². The number of alkyl halides is 3. The number of fused-ring (bicyclic) bond motifs is 1. The van der Waals surface area contributed by atoms with Gasteiger partial charge >= 0.3 is 17.8 Å². The van der Waals surface area contributed by atoms with Gasteiger partial charge in [0.2, 0.25) is 0 Å². The van der Waals surface area contributed by atoms with Crippen LogP contribution in [0.3, 0.4) is 0 Å². The highest BCUT2D eigenvalue weighted by Gasteiger charge is 2.46. The number of carboxylic acids is 1. The molecule has 1 aromatic heterocycles. The lowest BCUT2D eigenvalue weighted by Crippen LogP contribution is -2.53. The minimum Gasteiger partial charge on any atom is -0.480 e. The molecular weight excluding hydrogens is 645 g/mol. The van der Waals surface area contributed by atoms with E-state index in [-0.39, 0.29) is 25.3 Å². The Morgan fingerprint density at radius 1 is 1.02 bits per heavy atom. The first-order chi connectivity index (χ1) is 22.6. The molecule has 0 radical (unpaired) electrons. The number of amides is 1. The average Bonchev–Trinajstić information content (AvgIpc) is 3.03. The van der Waals surface area contributed by atoms with E-state index in [1.807, 2.05) is 0 Å². The highest BCUT2D eigenvalue weighted by molar-refractivity contribution is 5.97. The fourth-order valence-corrected chi connectivity index (χ4v) is 5.53. The number of morpholine rings is 1. The predicted octanol–water partition coefficient (Wildman–Crippen LogP) is 3.23. The van der Waals surface area contributed by atoms with Crippen LogP contribution >= 0.6 is 0 Å². The van der Waals surface area contributed by atoms with Crippen molar-refractivity contribution in [3.8, 4) is 5.69 Å². The van der Waals surface area contributed by atoms with E-state index >= 15 is 8.78 Å². The third-order valence-electron chi connectivity index (χ3n) is 8.10. The molecule has 1 fully saturated rings. The van der Waals surface area contributed by atoms with Crippen LogP contribution in [0.15, 0.2) is 64.2 Å². The van der Waals surface area contributed by atoms with Crippen LogP contribution in [0.4, 0.5) is 33.3 Å². The third kappa shape index (κ3) is 6.60. The van der Waals surface area contributed by atoms with Gasteiger partial charge < -0.3 is 25.0 Å². The number of nitrogens with zero attached hydrogens (tertiary/aromatic N) is 4. The molecule has 0 spiro atoms. The van der Waals surface area contributed by atoms with Crippen molar-refractivity contribution < 1.29 is 41.4 Å². The lowest BCUT2D eigenvalue weighted by molar-refractivity contribution is -0.167. The number of ether oxygens (including phenoxy) is 1. The summed E-state index contributed by atoms with van der Waals surface area (Å²) in [6.45, 7) is -1.17. The minimum absolute atomic E-state index is 0.118. The number of aliphatic carboxylic acids is 1. The maximum Gasteiger partial charge on any atom is 0.411 e. The zero-order chi connectivity index (χ0) is 35.1. The number of rotatable bonds is 8. The van der Waals surface area contributed by atoms with Gasteiger partial charge in [0.1, 0.15) is 29.3 Å². The second kappa shape index (κ2) is 13.1. The second-order valence-electron chi connectivity index (χ2n) is 11.4. The van der Waals surface area contributed by atoms with Crippen LogP contribution in [0.5, 0.6) is 0 Å². The van der Waals surface area contributed by atoms with Crippen LogP contribution in [0.2, 0.25) is 0 Å². The Hall–Kier alpha value is -5.25. The smallest absolute Gasteiger partial charge is 0.411 e. The number of aromatic nitrogens is 2. The molecule has 48 heavy (non-hydrogen) atoms. The molecule has 5 rings (SSSR count). The highest BCUT2D eigenvalue weighted by atomic mass is 19.4. The van der Waals surface area contributed by atoms with Crippen molar-refractivity contribution >= 4 is 34.2 Å². The Balaban J connectivity index is 1.37. The van der Waals surface area contributed by atoms with E-state index in [2.05, 4.69) is 5.32 Å². The van der Waals surface area contributed by atoms with Gasteiger partial charge in [-0.2, -0.15) is 13.2 Å². The van der Waals surface area contributed by atoms with E-state index in [4.69, 9.17) is 4.74 Å². The standard InChI is InChI=1S/C32H30F5N5O6/c1-39(2)19-8-9-25-21(13-19)29(44)42(31(47)40(25)3)18-6-4-17(5-7-18)12-24(30(45)46)38-28(43)27-22(33)14-20(15-23(27)34)41-10-11-48-16-26(41)32(35,36)37/h4-9,13-15,24,26H,10-12,16H2,1-3H3,(H,38,43)(H,45,46)/t24-,26+/m0/s1. The first-order valence-electron chi connectivity index (χ1n) is 14.5. The van der Waals surface area contributed by atoms with E-state index in [1.54, 1.807) is 37.2 Å². The number of hydrogen-bond donors (Lipinski definition) is 2. The molecule has 1 saturated heterocycles. The predicted molar refractivity (Wildman–Crippen MR) is 166 cm³/mol. The maximum absolute atomic E-state index is 15.0. The molecule has 1 aliphatic rings. The molecular formula is C32H30F5N5O6. The van der Waals surface area contributed by atoms with Crippen molar-refractivity contribution in [1.82, 2.24) is 14.5 Å². The molecule has 1 amide bonds. The number of aryl methyl sites for hydroxylation is 1. The molecule has 4 aromatic rings. The molecule has 254 valence electrons.